The fourth-order valence-corrected chi connectivity index (χ4v) is 2.89. The molecule has 0 unspecified atom stereocenters. The van der Waals surface area contributed by atoms with E-state index in [2.05, 4.69) is 9.89 Å². The van der Waals surface area contributed by atoms with E-state index in [4.69, 9.17) is 4.74 Å². The molecule has 0 spiro atoms. The summed E-state index contributed by atoms with van der Waals surface area (Å²) >= 11 is 0. The molecule has 0 radical (unpaired) electrons. The van der Waals surface area contributed by atoms with Crippen LogP contribution in [0, 0.1) is 5.92 Å². The second-order valence-electron chi connectivity index (χ2n) is 5.61. The van der Waals surface area contributed by atoms with Crippen molar-refractivity contribution in [3.05, 3.63) is 35.4 Å². The Labute approximate surface area is 130 Å². The van der Waals surface area contributed by atoms with Gasteiger partial charge in [0.15, 0.2) is 11.6 Å². The number of Topliss-reactive ketones (excluding diaryl/α,β-unsaturated/α-hetero) is 2. The van der Waals surface area contributed by atoms with Gasteiger partial charge in [-0.1, -0.05) is 24.3 Å². The maximum Gasteiger partial charge on any atom is 0.179 e. The Morgan fingerprint density at radius 3 is 2.41 bits per heavy atom. The molecule has 5 heteroatoms. The van der Waals surface area contributed by atoms with Gasteiger partial charge < -0.3 is 4.74 Å². The number of ketones is 2. The summed E-state index contributed by atoms with van der Waals surface area (Å²) in [5.74, 6) is -0.976. The van der Waals surface area contributed by atoms with Crippen LogP contribution < -0.4 is 0 Å². The summed E-state index contributed by atoms with van der Waals surface area (Å²) in [6.07, 6.45) is 2.46. The van der Waals surface area contributed by atoms with Gasteiger partial charge in [0.05, 0.1) is 13.2 Å². The summed E-state index contributed by atoms with van der Waals surface area (Å²) in [5, 5.41) is 0. The Balaban J connectivity index is 1.49. The van der Waals surface area contributed by atoms with Crippen molar-refractivity contribution in [3.8, 4) is 0 Å². The molecule has 0 bridgehead atoms. The van der Waals surface area contributed by atoms with E-state index in [0.29, 0.717) is 17.7 Å². The lowest BCUT2D eigenvalue weighted by atomic mass is 10.1. The van der Waals surface area contributed by atoms with Crippen molar-refractivity contribution in [2.24, 2.45) is 10.9 Å². The molecule has 1 heterocycles. The highest BCUT2D eigenvalue weighted by Gasteiger charge is 2.36. The first-order chi connectivity index (χ1) is 10.8. The SMILES string of the molecule is O=C1c2ccccc2C(=O)C1C=NCCCN1CCOCC1. The average molecular weight is 300 g/mol. The number of ether oxygens (including phenoxy) is 1. The Morgan fingerprint density at radius 1 is 1.14 bits per heavy atom. The van der Waals surface area contributed by atoms with Crippen molar-refractivity contribution in [2.75, 3.05) is 39.4 Å². The van der Waals surface area contributed by atoms with Crippen LogP contribution in [0.4, 0.5) is 0 Å². The molecule has 0 saturated carbocycles. The molecule has 1 saturated heterocycles. The highest BCUT2D eigenvalue weighted by atomic mass is 16.5. The number of aliphatic imine (C=N–C) groups is 1. The van der Waals surface area contributed by atoms with Crippen molar-refractivity contribution in [3.63, 3.8) is 0 Å². The number of morpholine rings is 1. The van der Waals surface area contributed by atoms with Gasteiger partial charge >= 0.3 is 0 Å². The van der Waals surface area contributed by atoms with Crippen LogP contribution in [0.25, 0.3) is 0 Å². The van der Waals surface area contributed by atoms with Gasteiger partial charge in [-0.15, -0.1) is 0 Å². The third-order valence-electron chi connectivity index (χ3n) is 4.14. The zero-order valence-electron chi connectivity index (χ0n) is 12.5. The molecule has 116 valence electrons. The zero-order valence-corrected chi connectivity index (χ0v) is 12.5. The van der Waals surface area contributed by atoms with E-state index in [0.717, 1.165) is 39.3 Å². The molecule has 3 rings (SSSR count). The number of rotatable bonds is 5. The predicted octanol–water partition coefficient (Wildman–Crippen LogP) is 1.47. The summed E-state index contributed by atoms with van der Waals surface area (Å²) in [5.41, 5.74) is 1.05. The Hall–Kier alpha value is -1.85. The standard InChI is InChI=1S/C17H20N2O3/c20-16-13-4-1-2-5-14(13)17(21)15(16)12-18-6-3-7-19-8-10-22-11-9-19/h1-2,4-5,12,15H,3,6-11H2. The monoisotopic (exact) mass is 300 g/mol. The van der Waals surface area contributed by atoms with Crippen molar-refractivity contribution in [1.29, 1.82) is 0 Å². The smallest absolute Gasteiger partial charge is 0.179 e. The van der Waals surface area contributed by atoms with E-state index in [1.54, 1.807) is 24.3 Å². The minimum absolute atomic E-state index is 0.127. The molecule has 5 nitrogen and oxygen atoms in total. The quantitative estimate of drug-likeness (QED) is 0.469. The molecule has 1 aromatic rings. The van der Waals surface area contributed by atoms with E-state index in [-0.39, 0.29) is 11.6 Å². The van der Waals surface area contributed by atoms with Gasteiger partial charge in [0.2, 0.25) is 0 Å². The van der Waals surface area contributed by atoms with Crippen LogP contribution in [-0.4, -0.2) is 62.1 Å². The van der Waals surface area contributed by atoms with Crippen LogP contribution in [-0.2, 0) is 4.74 Å². The van der Waals surface area contributed by atoms with Crippen LogP contribution in [0.1, 0.15) is 27.1 Å². The molecule has 2 aliphatic rings. The summed E-state index contributed by atoms with van der Waals surface area (Å²) in [6, 6.07) is 6.99. The molecular weight excluding hydrogens is 280 g/mol. The molecule has 0 aromatic heterocycles. The predicted molar refractivity (Wildman–Crippen MR) is 83.8 cm³/mol. The topological polar surface area (TPSA) is 59.0 Å². The first-order valence-electron chi connectivity index (χ1n) is 7.75. The molecule has 0 N–H and O–H groups in total. The highest BCUT2D eigenvalue weighted by molar-refractivity contribution is 6.33. The maximum atomic E-state index is 12.2. The molecule has 22 heavy (non-hydrogen) atoms. The van der Waals surface area contributed by atoms with Crippen molar-refractivity contribution >= 4 is 17.8 Å². The molecule has 1 fully saturated rings. The fourth-order valence-electron chi connectivity index (χ4n) is 2.89. The Kier molecular flexibility index (Phi) is 4.75. The number of hydrogen-bond donors (Lipinski definition) is 0. The minimum Gasteiger partial charge on any atom is -0.379 e. The Morgan fingerprint density at radius 2 is 1.77 bits per heavy atom. The number of carbonyl (C=O) groups excluding carboxylic acids is 2. The number of nitrogens with zero attached hydrogens (tertiary/aromatic N) is 2. The second kappa shape index (κ2) is 6.94. The molecular formula is C17H20N2O3. The minimum atomic E-state index is -0.721. The van der Waals surface area contributed by atoms with Gasteiger partial charge in [0.25, 0.3) is 0 Å². The van der Waals surface area contributed by atoms with Crippen LogP contribution in [0.2, 0.25) is 0 Å². The molecule has 0 amide bonds. The van der Waals surface area contributed by atoms with E-state index >= 15 is 0 Å². The first kappa shape index (κ1) is 15.1. The summed E-state index contributed by atoms with van der Waals surface area (Å²) in [4.78, 5) is 31.0. The Bertz CT molecular complexity index is 556. The average Bonchev–Trinajstić information content (AvgIpc) is 2.81. The van der Waals surface area contributed by atoms with E-state index in [9.17, 15) is 9.59 Å². The molecule has 1 aromatic carbocycles. The van der Waals surface area contributed by atoms with Gasteiger partial charge in [-0.2, -0.15) is 0 Å². The lowest BCUT2D eigenvalue weighted by Crippen LogP contribution is -2.37. The van der Waals surface area contributed by atoms with Crippen LogP contribution in [0.5, 0.6) is 0 Å². The number of fused-ring (bicyclic) bond motifs is 1. The highest BCUT2D eigenvalue weighted by Crippen LogP contribution is 2.25. The van der Waals surface area contributed by atoms with E-state index in [1.807, 2.05) is 0 Å². The second-order valence-corrected chi connectivity index (χ2v) is 5.61. The van der Waals surface area contributed by atoms with Crippen LogP contribution in [0.15, 0.2) is 29.3 Å². The lowest BCUT2D eigenvalue weighted by molar-refractivity contribution is 0.0377. The van der Waals surface area contributed by atoms with E-state index < -0.39 is 5.92 Å². The normalized spacial score (nSPS) is 20.0. The van der Waals surface area contributed by atoms with Gasteiger partial charge in [-0.25, -0.2) is 0 Å². The van der Waals surface area contributed by atoms with Gasteiger partial charge in [0.1, 0.15) is 5.92 Å². The largest absolute Gasteiger partial charge is 0.379 e. The zero-order chi connectivity index (χ0) is 15.4. The third-order valence-corrected chi connectivity index (χ3v) is 4.14. The van der Waals surface area contributed by atoms with Gasteiger partial charge in [-0.3, -0.25) is 19.5 Å². The van der Waals surface area contributed by atoms with E-state index in [1.165, 1.54) is 6.21 Å². The number of carbonyl (C=O) groups is 2. The van der Waals surface area contributed by atoms with Crippen LogP contribution in [0.3, 0.4) is 0 Å². The van der Waals surface area contributed by atoms with Gasteiger partial charge in [-0.05, 0) is 6.42 Å². The summed E-state index contributed by atoms with van der Waals surface area (Å²) in [7, 11) is 0. The molecule has 0 atom stereocenters. The lowest BCUT2D eigenvalue weighted by Gasteiger charge is -2.26. The van der Waals surface area contributed by atoms with Crippen molar-refractivity contribution in [1.82, 2.24) is 4.90 Å². The van der Waals surface area contributed by atoms with Crippen molar-refractivity contribution < 1.29 is 14.3 Å². The molecule has 1 aliphatic carbocycles. The van der Waals surface area contributed by atoms with Crippen molar-refractivity contribution in [2.45, 2.75) is 6.42 Å². The summed E-state index contributed by atoms with van der Waals surface area (Å²) in [6.45, 7) is 5.16. The number of hydrogen-bond acceptors (Lipinski definition) is 5. The maximum absolute atomic E-state index is 12.2. The van der Waals surface area contributed by atoms with Gasteiger partial charge in [0, 0.05) is 43.5 Å². The fraction of sp³-hybridized carbons (Fsp3) is 0.471. The van der Waals surface area contributed by atoms with Crippen LogP contribution >= 0.6 is 0 Å². The molecule has 1 aliphatic heterocycles. The first-order valence-corrected chi connectivity index (χ1v) is 7.75. The third kappa shape index (κ3) is 3.15. The summed E-state index contributed by atoms with van der Waals surface area (Å²) < 4.78 is 5.30. The number of benzene rings is 1.